The van der Waals surface area contributed by atoms with Crippen LogP contribution in [0.4, 0.5) is 0 Å². The number of benzene rings is 2. The predicted octanol–water partition coefficient (Wildman–Crippen LogP) is 4.76. The number of aromatic nitrogens is 1. The Labute approximate surface area is 159 Å². The Kier molecular flexibility index (Phi) is 4.25. The van der Waals surface area contributed by atoms with Crippen LogP contribution in [-0.2, 0) is 6.42 Å². The summed E-state index contributed by atoms with van der Waals surface area (Å²) < 4.78 is 5.18. The maximum atomic E-state index is 12.9. The van der Waals surface area contributed by atoms with E-state index < -0.39 is 0 Å². The van der Waals surface area contributed by atoms with E-state index in [0.29, 0.717) is 38.8 Å². The molecular weight excluding hydrogens is 373 g/mol. The molecule has 3 aromatic rings. The molecule has 26 heavy (non-hydrogen) atoms. The third kappa shape index (κ3) is 2.79. The van der Waals surface area contributed by atoms with Gasteiger partial charge >= 0.3 is 0 Å². The van der Waals surface area contributed by atoms with Crippen molar-refractivity contribution in [3.63, 3.8) is 0 Å². The van der Waals surface area contributed by atoms with Crippen LogP contribution in [0.3, 0.4) is 0 Å². The zero-order valence-corrected chi connectivity index (χ0v) is 15.4. The summed E-state index contributed by atoms with van der Waals surface area (Å²) in [4.78, 5) is 28.9. The first kappa shape index (κ1) is 17.1. The molecule has 1 atom stereocenters. The number of nitrogens with one attached hydrogen (secondary N) is 1. The Bertz CT molecular complexity index is 1100. The molecule has 1 aliphatic rings. The fraction of sp³-hybridized carbons (Fsp3) is 0.200. The van der Waals surface area contributed by atoms with Crippen LogP contribution >= 0.6 is 23.2 Å². The van der Waals surface area contributed by atoms with Crippen LogP contribution in [0, 0.1) is 0 Å². The van der Waals surface area contributed by atoms with E-state index in [4.69, 9.17) is 27.9 Å². The minimum atomic E-state index is -0.252. The van der Waals surface area contributed by atoms with Crippen LogP contribution in [0.25, 0.3) is 10.9 Å². The lowest BCUT2D eigenvalue weighted by Crippen LogP contribution is -2.27. The molecule has 0 radical (unpaired) electrons. The number of hydrogen-bond acceptors (Lipinski definition) is 3. The van der Waals surface area contributed by atoms with E-state index in [-0.39, 0.29) is 29.1 Å². The van der Waals surface area contributed by atoms with Gasteiger partial charge in [0, 0.05) is 33.1 Å². The molecule has 4 rings (SSSR count). The van der Waals surface area contributed by atoms with Crippen molar-refractivity contribution in [1.82, 2.24) is 4.98 Å². The second kappa shape index (κ2) is 6.45. The number of carbonyl (C=O) groups is 1. The van der Waals surface area contributed by atoms with Gasteiger partial charge in [-0.15, -0.1) is 0 Å². The molecule has 0 aliphatic heterocycles. The number of ketones is 1. The summed E-state index contributed by atoms with van der Waals surface area (Å²) >= 11 is 12.3. The van der Waals surface area contributed by atoms with Gasteiger partial charge in [0.15, 0.2) is 5.78 Å². The molecule has 132 valence electrons. The Morgan fingerprint density at radius 3 is 2.62 bits per heavy atom. The zero-order valence-electron chi connectivity index (χ0n) is 13.9. The average Bonchev–Trinajstić information content (AvgIpc) is 2.61. The first-order chi connectivity index (χ1) is 12.5. The number of Topliss-reactive ketones (excluding diaryl/α,β-unsaturated/α-hetero) is 1. The fourth-order valence-electron chi connectivity index (χ4n) is 3.59. The van der Waals surface area contributed by atoms with Gasteiger partial charge in [-0.25, -0.2) is 0 Å². The van der Waals surface area contributed by atoms with Crippen molar-refractivity contribution < 1.29 is 9.53 Å². The fourth-order valence-corrected chi connectivity index (χ4v) is 4.15. The van der Waals surface area contributed by atoms with E-state index >= 15 is 0 Å². The lowest BCUT2D eigenvalue weighted by molar-refractivity contribution is 0.0962. The third-order valence-electron chi connectivity index (χ3n) is 4.85. The summed E-state index contributed by atoms with van der Waals surface area (Å²) in [6.07, 6.45) is 0.784. The number of H-pyrrole nitrogens is 1. The molecule has 1 unspecified atom stereocenters. The Morgan fingerprint density at radius 2 is 1.88 bits per heavy atom. The quantitative estimate of drug-likeness (QED) is 0.689. The summed E-state index contributed by atoms with van der Waals surface area (Å²) in [6, 6.07) is 10.5. The largest absolute Gasteiger partial charge is 0.497 e. The van der Waals surface area contributed by atoms with Crippen LogP contribution in [0.5, 0.6) is 5.75 Å². The summed E-state index contributed by atoms with van der Waals surface area (Å²) in [5.74, 6) is 0.316. The van der Waals surface area contributed by atoms with Gasteiger partial charge in [0.25, 0.3) is 0 Å². The highest BCUT2D eigenvalue weighted by atomic mass is 35.5. The molecule has 0 spiro atoms. The first-order valence-corrected chi connectivity index (χ1v) is 8.94. The standard InChI is InChI=1S/C20H15Cl2NO3/c1-26-12-3-5-16-14(9-12)20(25)19-17(23-16)6-10(7-18(19)24)13-4-2-11(21)8-15(13)22/h2-5,8-10H,6-7H2,1H3,(H,23,25). The highest BCUT2D eigenvalue weighted by Gasteiger charge is 2.30. The summed E-state index contributed by atoms with van der Waals surface area (Å²) in [5, 5.41) is 1.54. The van der Waals surface area contributed by atoms with Gasteiger partial charge in [0.05, 0.1) is 12.7 Å². The van der Waals surface area contributed by atoms with Crippen LogP contribution < -0.4 is 10.2 Å². The molecule has 2 aromatic carbocycles. The molecule has 0 saturated carbocycles. The molecule has 1 N–H and O–H groups in total. The van der Waals surface area contributed by atoms with Crippen LogP contribution in [0.1, 0.15) is 34.0 Å². The minimum Gasteiger partial charge on any atom is -0.497 e. The molecule has 1 aromatic heterocycles. The van der Waals surface area contributed by atoms with Gasteiger partial charge in [-0.3, -0.25) is 9.59 Å². The predicted molar refractivity (Wildman–Crippen MR) is 103 cm³/mol. The van der Waals surface area contributed by atoms with Gasteiger partial charge in [-0.1, -0.05) is 29.3 Å². The number of pyridine rings is 1. The monoisotopic (exact) mass is 387 g/mol. The maximum Gasteiger partial charge on any atom is 0.200 e. The van der Waals surface area contributed by atoms with Gasteiger partial charge in [0.1, 0.15) is 5.75 Å². The third-order valence-corrected chi connectivity index (χ3v) is 5.41. The van der Waals surface area contributed by atoms with Gasteiger partial charge in [0.2, 0.25) is 5.43 Å². The lowest BCUT2D eigenvalue weighted by atomic mass is 9.81. The van der Waals surface area contributed by atoms with E-state index in [0.717, 1.165) is 5.56 Å². The van der Waals surface area contributed by atoms with E-state index in [1.54, 1.807) is 37.4 Å². The summed E-state index contributed by atoms with van der Waals surface area (Å²) in [7, 11) is 1.54. The summed E-state index contributed by atoms with van der Waals surface area (Å²) in [5.41, 5.74) is 2.20. The van der Waals surface area contributed by atoms with Crippen LogP contribution in [0.15, 0.2) is 41.2 Å². The molecule has 0 amide bonds. The SMILES string of the molecule is COc1ccc2[nH]c3c(c(=O)c2c1)C(=O)CC(c1ccc(Cl)cc1Cl)C3. The molecular formula is C20H15Cl2NO3. The molecule has 1 heterocycles. The number of hydrogen-bond donors (Lipinski definition) is 1. The van der Waals surface area contributed by atoms with Gasteiger partial charge < -0.3 is 9.72 Å². The zero-order chi connectivity index (χ0) is 18.4. The molecule has 4 nitrogen and oxygen atoms in total. The number of methoxy groups -OCH3 is 1. The minimum absolute atomic E-state index is 0.0916. The highest BCUT2D eigenvalue weighted by molar-refractivity contribution is 6.35. The number of fused-ring (bicyclic) bond motifs is 2. The average molecular weight is 388 g/mol. The molecule has 0 saturated heterocycles. The van der Waals surface area contributed by atoms with Crippen molar-refractivity contribution in [2.75, 3.05) is 7.11 Å². The molecule has 0 fully saturated rings. The molecule has 0 bridgehead atoms. The van der Waals surface area contributed by atoms with E-state index in [1.807, 2.05) is 6.07 Å². The summed E-state index contributed by atoms with van der Waals surface area (Å²) in [6.45, 7) is 0. The number of carbonyl (C=O) groups excluding carboxylic acids is 1. The van der Waals surface area contributed by atoms with Gasteiger partial charge in [-0.2, -0.15) is 0 Å². The van der Waals surface area contributed by atoms with Crippen molar-refractivity contribution in [1.29, 1.82) is 0 Å². The van der Waals surface area contributed by atoms with Crippen molar-refractivity contribution in [2.24, 2.45) is 0 Å². The number of aromatic amines is 1. The van der Waals surface area contributed by atoms with E-state index in [9.17, 15) is 9.59 Å². The molecule has 6 heteroatoms. The second-order valence-corrected chi connectivity index (χ2v) is 7.26. The van der Waals surface area contributed by atoms with E-state index in [1.165, 1.54) is 0 Å². The Hall–Kier alpha value is -2.30. The number of rotatable bonds is 2. The van der Waals surface area contributed by atoms with Crippen molar-refractivity contribution in [3.8, 4) is 5.75 Å². The van der Waals surface area contributed by atoms with E-state index in [2.05, 4.69) is 4.98 Å². The lowest BCUT2D eigenvalue weighted by Gasteiger charge is -2.24. The number of ether oxygens (including phenoxy) is 1. The maximum absolute atomic E-state index is 12.9. The Morgan fingerprint density at radius 1 is 1.08 bits per heavy atom. The van der Waals surface area contributed by atoms with Gasteiger partial charge in [-0.05, 0) is 48.2 Å². The highest BCUT2D eigenvalue weighted by Crippen LogP contribution is 2.36. The smallest absolute Gasteiger partial charge is 0.200 e. The van der Waals surface area contributed by atoms with Crippen molar-refractivity contribution in [2.45, 2.75) is 18.8 Å². The topological polar surface area (TPSA) is 59.2 Å². The normalized spacial score (nSPS) is 16.6. The van der Waals surface area contributed by atoms with Crippen molar-refractivity contribution >= 4 is 39.9 Å². The first-order valence-electron chi connectivity index (χ1n) is 8.19. The van der Waals surface area contributed by atoms with Crippen LogP contribution in [-0.4, -0.2) is 17.9 Å². The molecule has 1 aliphatic carbocycles. The van der Waals surface area contributed by atoms with Crippen LogP contribution in [0.2, 0.25) is 10.0 Å². The van der Waals surface area contributed by atoms with Crippen molar-refractivity contribution in [3.05, 3.63) is 73.5 Å². The second-order valence-electron chi connectivity index (χ2n) is 6.41. The Balaban J connectivity index is 1.84. The number of halogens is 2.